The van der Waals surface area contributed by atoms with E-state index < -0.39 is 0 Å². The minimum Gasteiger partial charge on any atom is -0.507 e. The van der Waals surface area contributed by atoms with E-state index in [0.29, 0.717) is 11.5 Å². The van der Waals surface area contributed by atoms with Crippen LogP contribution in [-0.4, -0.2) is 54.0 Å². The molecule has 1 saturated heterocycles. The Kier molecular flexibility index (Phi) is 6.14. The summed E-state index contributed by atoms with van der Waals surface area (Å²) in [6.07, 6.45) is 0. The van der Waals surface area contributed by atoms with Gasteiger partial charge >= 0.3 is 0 Å². The second-order valence-electron chi connectivity index (χ2n) is 7.67. The van der Waals surface area contributed by atoms with Crippen LogP contribution in [0.15, 0.2) is 42.5 Å². The summed E-state index contributed by atoms with van der Waals surface area (Å²) in [5.41, 5.74) is 3.27. The van der Waals surface area contributed by atoms with Gasteiger partial charge in [-0.15, -0.1) is 0 Å². The van der Waals surface area contributed by atoms with Crippen molar-refractivity contribution in [2.45, 2.75) is 26.3 Å². The Hall–Kier alpha value is -2.37. The number of carbonyl (C=O) groups is 1. The number of likely N-dealkylation sites (N-methyl/N-ethyl adjacent to an activating group) is 1. The fraction of sp³-hybridized carbons (Fsp3) is 0.409. The number of nitrogens with one attached hydrogen (secondary N) is 1. The van der Waals surface area contributed by atoms with Crippen LogP contribution >= 0.6 is 0 Å². The average Bonchev–Trinajstić information content (AvgIpc) is 2.64. The zero-order valence-electron chi connectivity index (χ0n) is 16.4. The monoisotopic (exact) mass is 367 g/mol. The highest BCUT2D eigenvalue weighted by atomic mass is 16.3. The fourth-order valence-electron chi connectivity index (χ4n) is 3.30. The maximum absolute atomic E-state index is 12.7. The molecular formula is C22H29N3O2. The fourth-order valence-corrected chi connectivity index (χ4v) is 3.30. The molecule has 0 bridgehead atoms. The van der Waals surface area contributed by atoms with Crippen molar-refractivity contribution in [2.75, 3.05) is 38.5 Å². The average molecular weight is 367 g/mol. The van der Waals surface area contributed by atoms with Crippen molar-refractivity contribution in [3.8, 4) is 5.75 Å². The van der Waals surface area contributed by atoms with Crippen molar-refractivity contribution in [1.82, 2.24) is 9.80 Å². The predicted octanol–water partition coefficient (Wildman–Crippen LogP) is 3.52. The topological polar surface area (TPSA) is 55.8 Å². The molecule has 2 aromatic carbocycles. The largest absolute Gasteiger partial charge is 0.507 e. The lowest BCUT2D eigenvalue weighted by Gasteiger charge is -2.32. The van der Waals surface area contributed by atoms with E-state index in [0.717, 1.165) is 44.0 Å². The molecule has 2 N–H and O–H groups in total. The standard InChI is InChI=1S/C22H29N3O2/c1-16(2)18-7-8-21(26)20(14-18)22(27)23-19-6-4-5-17(13-19)15-25-11-9-24(3)10-12-25/h4-8,13-14,16,26H,9-12,15H2,1-3H3,(H,23,27). The molecular weight excluding hydrogens is 338 g/mol. The molecule has 0 saturated carbocycles. The van der Waals surface area contributed by atoms with Gasteiger partial charge in [-0.05, 0) is 48.4 Å². The van der Waals surface area contributed by atoms with Crippen LogP contribution in [0.5, 0.6) is 5.75 Å². The molecule has 3 rings (SSSR count). The Morgan fingerprint density at radius 1 is 1.11 bits per heavy atom. The molecule has 1 aliphatic heterocycles. The van der Waals surface area contributed by atoms with Gasteiger partial charge in [-0.1, -0.05) is 32.0 Å². The molecule has 0 radical (unpaired) electrons. The van der Waals surface area contributed by atoms with Gasteiger partial charge in [-0.2, -0.15) is 0 Å². The Balaban J connectivity index is 1.69. The maximum atomic E-state index is 12.7. The highest BCUT2D eigenvalue weighted by Crippen LogP contribution is 2.24. The highest BCUT2D eigenvalue weighted by molar-refractivity contribution is 6.06. The number of rotatable bonds is 5. The lowest BCUT2D eigenvalue weighted by atomic mass is 10.00. The third-order valence-corrected chi connectivity index (χ3v) is 5.12. The molecule has 0 unspecified atom stereocenters. The summed E-state index contributed by atoms with van der Waals surface area (Å²) in [5, 5.41) is 13.0. The van der Waals surface area contributed by atoms with Crippen LogP contribution in [0.1, 0.15) is 41.3 Å². The third kappa shape index (κ3) is 5.08. The van der Waals surface area contributed by atoms with Gasteiger partial charge in [0.2, 0.25) is 0 Å². The van der Waals surface area contributed by atoms with Gasteiger partial charge in [0.1, 0.15) is 5.75 Å². The van der Waals surface area contributed by atoms with E-state index in [1.54, 1.807) is 12.1 Å². The molecule has 5 nitrogen and oxygen atoms in total. The van der Waals surface area contributed by atoms with Crippen molar-refractivity contribution in [3.63, 3.8) is 0 Å². The highest BCUT2D eigenvalue weighted by Gasteiger charge is 2.16. The quantitative estimate of drug-likeness (QED) is 0.849. The lowest BCUT2D eigenvalue weighted by molar-refractivity contribution is 0.102. The molecule has 1 aliphatic rings. The van der Waals surface area contributed by atoms with Crippen LogP contribution in [0.4, 0.5) is 5.69 Å². The van der Waals surface area contributed by atoms with Crippen molar-refractivity contribution < 1.29 is 9.90 Å². The van der Waals surface area contributed by atoms with Gasteiger partial charge in [0.05, 0.1) is 5.56 Å². The molecule has 1 fully saturated rings. The SMILES string of the molecule is CC(C)c1ccc(O)c(C(=O)Nc2cccc(CN3CCN(C)CC3)c2)c1. The van der Waals surface area contributed by atoms with Gasteiger partial charge in [0.15, 0.2) is 0 Å². The Labute approximate surface area is 161 Å². The Morgan fingerprint density at radius 3 is 2.56 bits per heavy atom. The van der Waals surface area contributed by atoms with Gasteiger partial charge in [-0.3, -0.25) is 9.69 Å². The van der Waals surface area contributed by atoms with Crippen LogP contribution < -0.4 is 5.32 Å². The van der Waals surface area contributed by atoms with Crippen molar-refractivity contribution >= 4 is 11.6 Å². The first-order valence-corrected chi connectivity index (χ1v) is 9.56. The van der Waals surface area contributed by atoms with E-state index in [1.807, 2.05) is 24.3 Å². The van der Waals surface area contributed by atoms with E-state index in [4.69, 9.17) is 0 Å². The second-order valence-corrected chi connectivity index (χ2v) is 7.67. The summed E-state index contributed by atoms with van der Waals surface area (Å²) in [6, 6.07) is 13.2. The first-order chi connectivity index (χ1) is 12.9. The number of amides is 1. The molecule has 27 heavy (non-hydrogen) atoms. The first-order valence-electron chi connectivity index (χ1n) is 9.56. The number of phenolic OH excluding ortho intramolecular Hbond substituents is 1. The molecule has 1 heterocycles. The predicted molar refractivity (Wildman–Crippen MR) is 109 cm³/mol. The minimum atomic E-state index is -0.285. The summed E-state index contributed by atoms with van der Waals surface area (Å²) < 4.78 is 0. The number of aromatic hydroxyl groups is 1. The van der Waals surface area contributed by atoms with Crippen molar-refractivity contribution in [1.29, 1.82) is 0 Å². The second kappa shape index (κ2) is 8.55. The van der Waals surface area contributed by atoms with E-state index in [1.165, 1.54) is 5.56 Å². The van der Waals surface area contributed by atoms with E-state index >= 15 is 0 Å². The first kappa shape index (κ1) is 19.4. The van der Waals surface area contributed by atoms with Crippen molar-refractivity contribution in [3.05, 3.63) is 59.2 Å². The number of phenols is 1. The molecule has 5 heteroatoms. The molecule has 0 spiro atoms. The maximum Gasteiger partial charge on any atom is 0.259 e. The van der Waals surface area contributed by atoms with Gasteiger partial charge in [-0.25, -0.2) is 0 Å². The molecule has 144 valence electrons. The molecule has 0 aromatic heterocycles. The van der Waals surface area contributed by atoms with Crippen LogP contribution in [0, 0.1) is 0 Å². The molecule has 0 atom stereocenters. The number of piperazine rings is 1. The lowest BCUT2D eigenvalue weighted by Crippen LogP contribution is -2.43. The molecule has 0 aliphatic carbocycles. The summed E-state index contributed by atoms with van der Waals surface area (Å²) in [4.78, 5) is 17.4. The van der Waals surface area contributed by atoms with Crippen LogP contribution in [0.25, 0.3) is 0 Å². The summed E-state index contributed by atoms with van der Waals surface area (Å²) in [7, 11) is 2.15. The Morgan fingerprint density at radius 2 is 1.85 bits per heavy atom. The number of hydrogen-bond acceptors (Lipinski definition) is 4. The minimum absolute atomic E-state index is 0.00508. The van der Waals surface area contributed by atoms with Crippen LogP contribution in [0.2, 0.25) is 0 Å². The van der Waals surface area contributed by atoms with Gasteiger partial charge in [0, 0.05) is 38.4 Å². The summed E-state index contributed by atoms with van der Waals surface area (Å²) >= 11 is 0. The van der Waals surface area contributed by atoms with E-state index in [2.05, 4.69) is 42.1 Å². The summed E-state index contributed by atoms with van der Waals surface area (Å²) in [6.45, 7) is 9.30. The number of benzene rings is 2. The zero-order chi connectivity index (χ0) is 19.4. The molecule has 2 aromatic rings. The van der Waals surface area contributed by atoms with Gasteiger partial charge < -0.3 is 15.3 Å². The number of hydrogen-bond donors (Lipinski definition) is 2. The number of nitrogens with zero attached hydrogens (tertiary/aromatic N) is 2. The van der Waals surface area contributed by atoms with Crippen molar-refractivity contribution in [2.24, 2.45) is 0 Å². The molecule has 1 amide bonds. The summed E-state index contributed by atoms with van der Waals surface area (Å²) in [5.74, 6) is 0.0151. The smallest absolute Gasteiger partial charge is 0.259 e. The zero-order valence-corrected chi connectivity index (χ0v) is 16.4. The van der Waals surface area contributed by atoms with E-state index in [-0.39, 0.29) is 11.7 Å². The third-order valence-electron chi connectivity index (χ3n) is 5.12. The number of carbonyl (C=O) groups excluding carboxylic acids is 1. The van der Waals surface area contributed by atoms with Crippen LogP contribution in [0.3, 0.4) is 0 Å². The van der Waals surface area contributed by atoms with Crippen LogP contribution in [-0.2, 0) is 6.54 Å². The number of anilines is 1. The van der Waals surface area contributed by atoms with E-state index in [9.17, 15) is 9.90 Å². The Bertz CT molecular complexity index is 796. The normalized spacial score (nSPS) is 15.9. The van der Waals surface area contributed by atoms with Gasteiger partial charge in [0.25, 0.3) is 5.91 Å².